The quantitative estimate of drug-likeness (QED) is 0.618. The van der Waals surface area contributed by atoms with Crippen LogP contribution in [0.1, 0.15) is 44.1 Å². The highest BCUT2D eigenvalue weighted by molar-refractivity contribution is 7.89. The number of aryl methyl sites for hydroxylation is 1. The third kappa shape index (κ3) is 6.20. The summed E-state index contributed by atoms with van der Waals surface area (Å²) in [6.45, 7) is 0. The van der Waals surface area contributed by atoms with Crippen LogP contribution in [-0.4, -0.2) is 27.5 Å². The molecule has 1 aliphatic rings. The minimum Gasteiger partial charge on any atom is -0.495 e. The molecule has 0 bridgehead atoms. The lowest BCUT2D eigenvalue weighted by molar-refractivity contribution is -0.116. The SMILES string of the molecule is COc1ccc(NC(=O)CCc2ccc(S(=O)(=O)NC3CCCCC3)cc2)cc1Cl. The van der Waals surface area contributed by atoms with Gasteiger partial charge in [-0.25, -0.2) is 13.1 Å². The molecule has 1 saturated carbocycles. The van der Waals surface area contributed by atoms with Crippen LogP contribution in [0.15, 0.2) is 47.4 Å². The zero-order chi connectivity index (χ0) is 21.6. The van der Waals surface area contributed by atoms with Gasteiger partial charge in [0.2, 0.25) is 15.9 Å². The Labute approximate surface area is 183 Å². The second-order valence-electron chi connectivity index (χ2n) is 7.50. The normalized spacial score (nSPS) is 15.0. The maximum absolute atomic E-state index is 12.6. The maximum atomic E-state index is 12.6. The minimum absolute atomic E-state index is 0.0265. The standard InChI is InChI=1S/C22H27ClN2O4S/c1-29-21-13-10-18(15-20(21)23)24-22(26)14-9-16-7-11-19(12-8-16)30(27,28)25-17-5-3-2-4-6-17/h7-8,10-13,15,17,25H,2-6,9,14H2,1H3,(H,24,26). The number of sulfonamides is 1. The maximum Gasteiger partial charge on any atom is 0.240 e. The van der Waals surface area contributed by atoms with E-state index in [-0.39, 0.29) is 23.3 Å². The van der Waals surface area contributed by atoms with Crippen LogP contribution in [0.4, 0.5) is 5.69 Å². The van der Waals surface area contributed by atoms with Crippen LogP contribution in [0.2, 0.25) is 5.02 Å². The summed E-state index contributed by atoms with van der Waals surface area (Å²) in [6, 6.07) is 11.8. The van der Waals surface area contributed by atoms with Crippen LogP contribution in [0.25, 0.3) is 0 Å². The number of benzene rings is 2. The molecule has 3 rings (SSSR count). The molecule has 0 aromatic heterocycles. The average Bonchev–Trinajstić information content (AvgIpc) is 2.73. The van der Waals surface area contributed by atoms with Crippen molar-refractivity contribution >= 4 is 33.2 Å². The first-order valence-electron chi connectivity index (χ1n) is 10.1. The number of nitrogens with one attached hydrogen (secondary N) is 2. The Morgan fingerprint density at radius 3 is 2.43 bits per heavy atom. The third-order valence-corrected chi connectivity index (χ3v) is 7.07. The van der Waals surface area contributed by atoms with Crippen molar-refractivity contribution in [2.75, 3.05) is 12.4 Å². The van der Waals surface area contributed by atoms with Gasteiger partial charge in [-0.2, -0.15) is 0 Å². The first-order chi connectivity index (χ1) is 14.4. The van der Waals surface area contributed by atoms with Crippen molar-refractivity contribution in [3.05, 3.63) is 53.1 Å². The number of rotatable bonds is 8. The van der Waals surface area contributed by atoms with Crippen molar-refractivity contribution in [2.45, 2.75) is 55.9 Å². The molecule has 0 saturated heterocycles. The Balaban J connectivity index is 1.52. The molecule has 6 nitrogen and oxygen atoms in total. The number of carbonyl (C=O) groups is 1. The van der Waals surface area contributed by atoms with E-state index >= 15 is 0 Å². The lowest BCUT2D eigenvalue weighted by atomic mass is 9.96. The van der Waals surface area contributed by atoms with Crippen molar-refractivity contribution < 1.29 is 17.9 Å². The molecule has 0 heterocycles. The molecule has 1 aliphatic carbocycles. The van der Waals surface area contributed by atoms with E-state index in [2.05, 4.69) is 10.0 Å². The number of hydrogen-bond donors (Lipinski definition) is 2. The number of hydrogen-bond acceptors (Lipinski definition) is 4. The van der Waals surface area contributed by atoms with E-state index in [9.17, 15) is 13.2 Å². The van der Waals surface area contributed by atoms with Crippen molar-refractivity contribution in [3.63, 3.8) is 0 Å². The summed E-state index contributed by atoms with van der Waals surface area (Å²) in [4.78, 5) is 12.5. The number of methoxy groups -OCH3 is 1. The number of halogens is 1. The Morgan fingerprint density at radius 2 is 1.80 bits per heavy atom. The second kappa shape index (κ2) is 10.3. The van der Waals surface area contributed by atoms with E-state index in [0.29, 0.717) is 22.9 Å². The fourth-order valence-corrected chi connectivity index (χ4v) is 5.13. The smallest absolute Gasteiger partial charge is 0.240 e. The van der Waals surface area contributed by atoms with Crippen LogP contribution in [0.5, 0.6) is 5.75 Å². The first-order valence-corrected chi connectivity index (χ1v) is 12.0. The molecule has 2 aromatic rings. The summed E-state index contributed by atoms with van der Waals surface area (Å²) in [7, 11) is -1.98. The van der Waals surface area contributed by atoms with Crippen molar-refractivity contribution in [1.82, 2.24) is 4.72 Å². The molecule has 0 unspecified atom stereocenters. The molecule has 162 valence electrons. The van der Waals surface area contributed by atoms with Gasteiger partial charge in [-0.3, -0.25) is 4.79 Å². The molecular formula is C22H27ClN2O4S. The lowest BCUT2D eigenvalue weighted by Crippen LogP contribution is -2.36. The van der Waals surface area contributed by atoms with Gasteiger partial charge in [-0.05, 0) is 55.2 Å². The minimum atomic E-state index is -3.51. The Bertz CT molecular complexity index is 971. The van der Waals surface area contributed by atoms with Crippen LogP contribution in [0, 0.1) is 0 Å². The number of amides is 1. The molecule has 2 aromatic carbocycles. The molecule has 8 heteroatoms. The lowest BCUT2D eigenvalue weighted by Gasteiger charge is -2.22. The largest absolute Gasteiger partial charge is 0.495 e. The van der Waals surface area contributed by atoms with Gasteiger partial charge < -0.3 is 10.1 Å². The van der Waals surface area contributed by atoms with Crippen molar-refractivity contribution in [3.8, 4) is 5.75 Å². The summed E-state index contributed by atoms with van der Waals surface area (Å²) in [5.41, 5.74) is 1.50. The zero-order valence-corrected chi connectivity index (χ0v) is 18.6. The third-order valence-electron chi connectivity index (χ3n) is 5.24. The Kier molecular flexibility index (Phi) is 7.75. The van der Waals surface area contributed by atoms with Gasteiger partial charge in [0.25, 0.3) is 0 Å². The van der Waals surface area contributed by atoms with E-state index in [1.54, 1.807) is 42.5 Å². The van der Waals surface area contributed by atoms with Crippen molar-refractivity contribution in [2.24, 2.45) is 0 Å². The second-order valence-corrected chi connectivity index (χ2v) is 9.62. The number of ether oxygens (including phenoxy) is 1. The van der Waals surface area contributed by atoms with Gasteiger partial charge in [-0.1, -0.05) is 43.0 Å². The van der Waals surface area contributed by atoms with Gasteiger partial charge >= 0.3 is 0 Å². The van der Waals surface area contributed by atoms with E-state index in [1.165, 1.54) is 13.5 Å². The Hall–Kier alpha value is -2.09. The predicted octanol–water partition coefficient (Wildman–Crippen LogP) is 4.53. The first kappa shape index (κ1) is 22.6. The summed E-state index contributed by atoms with van der Waals surface area (Å²) in [5, 5.41) is 3.23. The molecule has 2 N–H and O–H groups in total. The van der Waals surface area contributed by atoms with Gasteiger partial charge in [0.15, 0.2) is 0 Å². The number of anilines is 1. The summed E-state index contributed by atoms with van der Waals surface area (Å²) >= 11 is 6.07. The molecule has 30 heavy (non-hydrogen) atoms. The summed E-state index contributed by atoms with van der Waals surface area (Å²) in [5.74, 6) is 0.398. The Morgan fingerprint density at radius 1 is 1.10 bits per heavy atom. The van der Waals surface area contributed by atoms with E-state index in [0.717, 1.165) is 31.2 Å². The molecule has 0 spiro atoms. The topological polar surface area (TPSA) is 84.5 Å². The van der Waals surface area contributed by atoms with Gasteiger partial charge in [0.1, 0.15) is 5.75 Å². The van der Waals surface area contributed by atoms with E-state index in [1.807, 2.05) is 0 Å². The monoisotopic (exact) mass is 450 g/mol. The molecule has 1 fully saturated rings. The predicted molar refractivity (Wildman–Crippen MR) is 119 cm³/mol. The highest BCUT2D eigenvalue weighted by Crippen LogP contribution is 2.27. The highest BCUT2D eigenvalue weighted by atomic mass is 35.5. The van der Waals surface area contributed by atoms with Crippen LogP contribution < -0.4 is 14.8 Å². The number of carbonyl (C=O) groups excluding carboxylic acids is 1. The van der Waals surface area contributed by atoms with Crippen molar-refractivity contribution in [1.29, 1.82) is 0 Å². The molecular weight excluding hydrogens is 424 g/mol. The highest BCUT2D eigenvalue weighted by Gasteiger charge is 2.21. The van der Waals surface area contributed by atoms with Crippen LogP contribution in [0.3, 0.4) is 0 Å². The molecule has 1 amide bonds. The summed E-state index contributed by atoms with van der Waals surface area (Å²) < 4.78 is 33.0. The van der Waals surface area contributed by atoms with Gasteiger partial charge in [-0.15, -0.1) is 0 Å². The molecule has 0 radical (unpaired) electrons. The van der Waals surface area contributed by atoms with Crippen LogP contribution >= 0.6 is 11.6 Å². The van der Waals surface area contributed by atoms with E-state index < -0.39 is 10.0 Å². The average molecular weight is 451 g/mol. The van der Waals surface area contributed by atoms with E-state index in [4.69, 9.17) is 16.3 Å². The fourth-order valence-electron chi connectivity index (χ4n) is 3.57. The van der Waals surface area contributed by atoms with Gasteiger partial charge in [0, 0.05) is 18.2 Å². The van der Waals surface area contributed by atoms with Crippen LogP contribution in [-0.2, 0) is 21.2 Å². The molecule has 0 aliphatic heterocycles. The molecule has 0 atom stereocenters. The van der Waals surface area contributed by atoms with Gasteiger partial charge in [0.05, 0.1) is 17.0 Å². The fraction of sp³-hybridized carbons (Fsp3) is 0.409. The zero-order valence-electron chi connectivity index (χ0n) is 17.0. The summed E-state index contributed by atoms with van der Waals surface area (Å²) in [6.07, 6.45) is 5.87.